The molecule has 0 radical (unpaired) electrons. The van der Waals surface area contributed by atoms with E-state index in [-0.39, 0.29) is 11.8 Å². The summed E-state index contributed by atoms with van der Waals surface area (Å²) >= 11 is 0. The molecule has 0 bridgehead atoms. The van der Waals surface area contributed by atoms with E-state index in [2.05, 4.69) is 25.7 Å². The molecule has 1 saturated heterocycles. The van der Waals surface area contributed by atoms with Gasteiger partial charge < -0.3 is 9.64 Å². The number of ether oxygens (including phenoxy) is 1. The van der Waals surface area contributed by atoms with E-state index >= 15 is 0 Å². The Bertz CT molecular complexity index is 769. The SMILES string of the molecule is CCCCCCN1C(=O)C(c2ccc(OCCC)cc2)=C(N2CCCC(C)C2)C1=O. The number of carbonyl (C=O) groups excluding carboxylic acids is 2. The molecule has 1 aromatic carbocycles. The van der Waals surface area contributed by atoms with Gasteiger partial charge in [-0.05, 0) is 49.3 Å². The number of imide groups is 1. The Balaban J connectivity index is 1.88. The predicted octanol–water partition coefficient (Wildman–Crippen LogP) is 4.87. The van der Waals surface area contributed by atoms with Crippen molar-refractivity contribution in [3.8, 4) is 5.75 Å². The van der Waals surface area contributed by atoms with Crippen LogP contribution in [-0.4, -0.2) is 47.9 Å². The van der Waals surface area contributed by atoms with Crippen molar-refractivity contribution in [1.29, 1.82) is 0 Å². The fourth-order valence-corrected chi connectivity index (χ4v) is 4.35. The third kappa shape index (κ3) is 5.05. The highest BCUT2D eigenvalue weighted by molar-refractivity contribution is 6.35. The zero-order valence-corrected chi connectivity index (χ0v) is 18.8. The Morgan fingerprint density at radius 1 is 1.00 bits per heavy atom. The summed E-state index contributed by atoms with van der Waals surface area (Å²) < 4.78 is 5.69. The second kappa shape index (κ2) is 10.6. The summed E-state index contributed by atoms with van der Waals surface area (Å²) in [5.41, 5.74) is 1.97. The number of likely N-dealkylation sites (tertiary alicyclic amines) is 1. The van der Waals surface area contributed by atoms with E-state index in [0.29, 0.717) is 30.3 Å². The van der Waals surface area contributed by atoms with Crippen molar-refractivity contribution in [3.63, 3.8) is 0 Å². The number of hydrogen-bond donors (Lipinski definition) is 0. The zero-order chi connectivity index (χ0) is 21.5. The van der Waals surface area contributed by atoms with Crippen molar-refractivity contribution in [2.75, 3.05) is 26.2 Å². The topological polar surface area (TPSA) is 49.9 Å². The van der Waals surface area contributed by atoms with Gasteiger partial charge in [0, 0.05) is 19.6 Å². The number of unbranched alkanes of at least 4 members (excludes halogenated alkanes) is 3. The first-order valence-corrected chi connectivity index (χ1v) is 11.6. The van der Waals surface area contributed by atoms with Crippen LogP contribution in [-0.2, 0) is 9.59 Å². The van der Waals surface area contributed by atoms with Gasteiger partial charge in [0.1, 0.15) is 11.4 Å². The molecule has 2 heterocycles. The van der Waals surface area contributed by atoms with Gasteiger partial charge in [-0.2, -0.15) is 0 Å². The van der Waals surface area contributed by atoms with Gasteiger partial charge in [-0.1, -0.05) is 52.2 Å². The zero-order valence-electron chi connectivity index (χ0n) is 18.8. The molecular weight excluding hydrogens is 376 g/mol. The van der Waals surface area contributed by atoms with E-state index in [1.165, 1.54) is 11.3 Å². The summed E-state index contributed by atoms with van der Waals surface area (Å²) in [6, 6.07) is 7.63. The fourth-order valence-electron chi connectivity index (χ4n) is 4.35. The van der Waals surface area contributed by atoms with E-state index in [0.717, 1.165) is 62.9 Å². The molecule has 0 spiro atoms. The van der Waals surface area contributed by atoms with Crippen LogP contribution in [0.25, 0.3) is 5.57 Å². The molecule has 2 aliphatic rings. The second-order valence-electron chi connectivity index (χ2n) is 8.61. The lowest BCUT2D eigenvalue weighted by Gasteiger charge is -2.33. The summed E-state index contributed by atoms with van der Waals surface area (Å²) in [4.78, 5) is 30.3. The number of hydrogen-bond acceptors (Lipinski definition) is 4. The molecule has 5 nitrogen and oxygen atoms in total. The highest BCUT2D eigenvalue weighted by Gasteiger charge is 2.41. The predicted molar refractivity (Wildman–Crippen MR) is 120 cm³/mol. The minimum atomic E-state index is -0.146. The lowest BCUT2D eigenvalue weighted by Crippen LogP contribution is -2.39. The first-order chi connectivity index (χ1) is 14.6. The molecule has 2 aliphatic heterocycles. The van der Waals surface area contributed by atoms with Crippen molar-refractivity contribution in [2.45, 2.75) is 65.7 Å². The van der Waals surface area contributed by atoms with Crippen molar-refractivity contribution in [3.05, 3.63) is 35.5 Å². The molecule has 0 N–H and O–H groups in total. The van der Waals surface area contributed by atoms with Crippen molar-refractivity contribution >= 4 is 17.4 Å². The molecule has 1 unspecified atom stereocenters. The average molecular weight is 413 g/mol. The second-order valence-corrected chi connectivity index (χ2v) is 8.61. The van der Waals surface area contributed by atoms with Gasteiger partial charge in [0.15, 0.2) is 0 Å². The molecule has 1 aromatic rings. The number of piperidine rings is 1. The van der Waals surface area contributed by atoms with Crippen molar-refractivity contribution in [2.24, 2.45) is 5.92 Å². The van der Waals surface area contributed by atoms with E-state index < -0.39 is 0 Å². The molecule has 30 heavy (non-hydrogen) atoms. The Morgan fingerprint density at radius 3 is 2.43 bits per heavy atom. The Kier molecular flexibility index (Phi) is 7.94. The maximum absolute atomic E-state index is 13.4. The summed E-state index contributed by atoms with van der Waals surface area (Å²) in [5, 5.41) is 0. The van der Waals surface area contributed by atoms with Gasteiger partial charge in [0.2, 0.25) is 0 Å². The first-order valence-electron chi connectivity index (χ1n) is 11.6. The van der Waals surface area contributed by atoms with Gasteiger partial charge in [-0.3, -0.25) is 14.5 Å². The normalized spacial score (nSPS) is 19.8. The van der Waals surface area contributed by atoms with Gasteiger partial charge in [-0.25, -0.2) is 0 Å². The third-order valence-corrected chi connectivity index (χ3v) is 5.97. The standard InChI is InChI=1S/C25H36N2O3/c1-4-6-7-8-16-27-24(28)22(20-11-13-21(14-12-20)30-17-5-2)23(25(27)29)26-15-9-10-19(3)18-26/h11-14,19H,4-10,15-18H2,1-3H3. The molecular formula is C25H36N2O3. The molecule has 2 amide bonds. The van der Waals surface area contributed by atoms with E-state index in [1.807, 2.05) is 24.3 Å². The molecule has 0 saturated carbocycles. The quantitative estimate of drug-likeness (QED) is 0.406. The van der Waals surface area contributed by atoms with Crippen LogP contribution in [0.1, 0.15) is 71.3 Å². The monoisotopic (exact) mass is 412 g/mol. The summed E-state index contributed by atoms with van der Waals surface area (Å²) in [6.07, 6.45) is 7.35. The smallest absolute Gasteiger partial charge is 0.277 e. The van der Waals surface area contributed by atoms with Gasteiger partial charge in [0.25, 0.3) is 11.8 Å². The van der Waals surface area contributed by atoms with Gasteiger partial charge in [-0.15, -0.1) is 0 Å². The van der Waals surface area contributed by atoms with E-state index in [1.54, 1.807) is 0 Å². The molecule has 164 valence electrons. The van der Waals surface area contributed by atoms with Gasteiger partial charge in [0.05, 0.1) is 12.2 Å². The van der Waals surface area contributed by atoms with Crippen LogP contribution in [0.15, 0.2) is 30.0 Å². The van der Waals surface area contributed by atoms with Crippen LogP contribution >= 0.6 is 0 Å². The van der Waals surface area contributed by atoms with Crippen LogP contribution in [0.2, 0.25) is 0 Å². The molecule has 0 aromatic heterocycles. The molecule has 0 aliphatic carbocycles. The molecule has 5 heteroatoms. The summed E-state index contributed by atoms with van der Waals surface area (Å²) in [6.45, 7) is 9.30. The highest BCUT2D eigenvalue weighted by atomic mass is 16.5. The van der Waals surface area contributed by atoms with Crippen LogP contribution in [0.4, 0.5) is 0 Å². The van der Waals surface area contributed by atoms with Crippen LogP contribution in [0.3, 0.4) is 0 Å². The number of nitrogens with zero attached hydrogens (tertiary/aromatic N) is 2. The van der Waals surface area contributed by atoms with Gasteiger partial charge >= 0.3 is 0 Å². The summed E-state index contributed by atoms with van der Waals surface area (Å²) in [5.74, 6) is 1.06. The fraction of sp³-hybridized carbons (Fsp3) is 0.600. The van der Waals surface area contributed by atoms with E-state index in [9.17, 15) is 9.59 Å². The maximum Gasteiger partial charge on any atom is 0.277 e. The summed E-state index contributed by atoms with van der Waals surface area (Å²) in [7, 11) is 0. The largest absolute Gasteiger partial charge is 0.494 e. The third-order valence-electron chi connectivity index (χ3n) is 5.97. The lowest BCUT2D eigenvalue weighted by atomic mass is 9.97. The Hall–Kier alpha value is -2.30. The molecule has 3 rings (SSSR count). The number of rotatable bonds is 10. The Labute approximate surface area is 181 Å². The number of carbonyl (C=O) groups is 2. The van der Waals surface area contributed by atoms with Crippen LogP contribution in [0.5, 0.6) is 5.75 Å². The highest BCUT2D eigenvalue weighted by Crippen LogP contribution is 2.34. The number of benzene rings is 1. The number of amides is 2. The molecule has 1 atom stereocenters. The average Bonchev–Trinajstić information content (AvgIpc) is 3.00. The minimum absolute atomic E-state index is 0.119. The lowest BCUT2D eigenvalue weighted by molar-refractivity contribution is -0.137. The first kappa shape index (κ1) is 22.4. The van der Waals surface area contributed by atoms with Crippen molar-refractivity contribution < 1.29 is 14.3 Å². The molecule has 1 fully saturated rings. The Morgan fingerprint density at radius 2 is 1.77 bits per heavy atom. The van der Waals surface area contributed by atoms with E-state index in [4.69, 9.17) is 4.74 Å². The maximum atomic E-state index is 13.4. The van der Waals surface area contributed by atoms with Crippen molar-refractivity contribution in [1.82, 2.24) is 9.80 Å². The van der Waals surface area contributed by atoms with Crippen LogP contribution in [0, 0.1) is 5.92 Å². The minimum Gasteiger partial charge on any atom is -0.494 e. The van der Waals surface area contributed by atoms with Crippen LogP contribution < -0.4 is 4.74 Å².